The molecule has 2 fully saturated rings. The molecule has 110 valence electrons. The van der Waals surface area contributed by atoms with Crippen LogP contribution in [0.2, 0.25) is 0 Å². The first-order chi connectivity index (χ1) is 9.00. The Morgan fingerprint density at radius 3 is 2.84 bits per heavy atom. The molecule has 4 nitrogen and oxygen atoms in total. The second kappa shape index (κ2) is 5.80. The lowest BCUT2D eigenvalue weighted by Crippen LogP contribution is -2.47. The Kier molecular flexibility index (Phi) is 4.51. The van der Waals surface area contributed by atoms with Crippen molar-refractivity contribution >= 4 is 5.91 Å². The molecule has 1 heterocycles. The fourth-order valence-electron chi connectivity index (χ4n) is 3.90. The molecule has 0 aromatic rings. The highest BCUT2D eigenvalue weighted by molar-refractivity contribution is 5.82. The highest BCUT2D eigenvalue weighted by atomic mass is 16.2. The van der Waals surface area contributed by atoms with E-state index in [-0.39, 0.29) is 11.3 Å². The van der Waals surface area contributed by atoms with Crippen LogP contribution in [-0.2, 0) is 4.79 Å². The van der Waals surface area contributed by atoms with Gasteiger partial charge >= 0.3 is 0 Å². The lowest BCUT2D eigenvalue weighted by Gasteiger charge is -2.40. The molecule has 0 aromatic carbocycles. The van der Waals surface area contributed by atoms with Crippen molar-refractivity contribution in [2.24, 2.45) is 23.0 Å². The van der Waals surface area contributed by atoms with E-state index in [4.69, 9.17) is 5.73 Å². The van der Waals surface area contributed by atoms with Gasteiger partial charge in [-0.1, -0.05) is 13.3 Å². The van der Waals surface area contributed by atoms with Crippen LogP contribution < -0.4 is 11.1 Å². The number of carbonyl (C=O) groups is 1. The maximum Gasteiger partial charge on any atom is 0.227 e. The number of carbonyl (C=O) groups excluding carboxylic acids is 1. The number of hydrogen-bond donors (Lipinski definition) is 2. The van der Waals surface area contributed by atoms with Crippen molar-refractivity contribution in [1.29, 1.82) is 0 Å². The van der Waals surface area contributed by atoms with Gasteiger partial charge in [-0.2, -0.15) is 0 Å². The van der Waals surface area contributed by atoms with Gasteiger partial charge in [0.2, 0.25) is 5.91 Å². The fraction of sp³-hybridized carbons (Fsp3) is 0.933. The van der Waals surface area contributed by atoms with Crippen molar-refractivity contribution in [2.45, 2.75) is 45.6 Å². The molecule has 4 heteroatoms. The number of nitrogens with one attached hydrogen (secondary N) is 1. The minimum atomic E-state index is -0.214. The van der Waals surface area contributed by atoms with Crippen LogP contribution in [0.1, 0.15) is 39.5 Å². The first kappa shape index (κ1) is 14.8. The van der Waals surface area contributed by atoms with Crippen molar-refractivity contribution in [3.05, 3.63) is 0 Å². The largest absolute Gasteiger partial charge is 0.359 e. The average molecular weight is 267 g/mol. The Balaban J connectivity index is 2.04. The average Bonchev–Trinajstić information content (AvgIpc) is 2.81. The van der Waals surface area contributed by atoms with E-state index in [0.29, 0.717) is 12.0 Å². The Morgan fingerprint density at radius 2 is 2.21 bits per heavy atom. The molecule has 0 bridgehead atoms. The number of hydrogen-bond acceptors (Lipinski definition) is 3. The van der Waals surface area contributed by atoms with E-state index in [0.717, 1.165) is 32.0 Å². The molecule has 2 aliphatic rings. The monoisotopic (exact) mass is 267 g/mol. The van der Waals surface area contributed by atoms with Crippen LogP contribution in [0.15, 0.2) is 0 Å². The van der Waals surface area contributed by atoms with E-state index < -0.39 is 0 Å². The Hall–Kier alpha value is -0.610. The number of amides is 1. The summed E-state index contributed by atoms with van der Waals surface area (Å²) in [5.41, 5.74) is 5.74. The summed E-state index contributed by atoms with van der Waals surface area (Å²) >= 11 is 0. The standard InChI is InChI=1S/C15H29N3O/c1-11-4-5-12(9-16)13(8-11)18-7-6-15(2,10-18)14(19)17-3/h11-13H,4-10,16H2,1-3H3,(H,17,19). The highest BCUT2D eigenvalue weighted by Crippen LogP contribution is 2.38. The quantitative estimate of drug-likeness (QED) is 0.808. The van der Waals surface area contributed by atoms with Gasteiger partial charge in [-0.15, -0.1) is 0 Å². The van der Waals surface area contributed by atoms with Crippen molar-refractivity contribution < 1.29 is 4.79 Å². The summed E-state index contributed by atoms with van der Waals surface area (Å²) in [6, 6.07) is 0.584. The van der Waals surface area contributed by atoms with Gasteiger partial charge in [-0.05, 0) is 51.1 Å². The second-order valence-electron chi connectivity index (χ2n) is 6.84. The summed E-state index contributed by atoms with van der Waals surface area (Å²) in [4.78, 5) is 14.5. The molecule has 4 atom stereocenters. The zero-order valence-corrected chi connectivity index (χ0v) is 12.6. The maximum atomic E-state index is 12.0. The van der Waals surface area contributed by atoms with Crippen LogP contribution >= 0.6 is 0 Å². The molecule has 1 aliphatic heterocycles. The third-order valence-electron chi connectivity index (χ3n) is 5.27. The van der Waals surface area contributed by atoms with Gasteiger partial charge < -0.3 is 11.1 Å². The fourth-order valence-corrected chi connectivity index (χ4v) is 3.90. The van der Waals surface area contributed by atoms with Crippen LogP contribution in [0.25, 0.3) is 0 Å². The van der Waals surface area contributed by atoms with Crippen LogP contribution in [0.4, 0.5) is 0 Å². The van der Waals surface area contributed by atoms with Gasteiger partial charge in [0.1, 0.15) is 0 Å². The van der Waals surface area contributed by atoms with E-state index in [9.17, 15) is 4.79 Å². The molecule has 0 radical (unpaired) electrons. The van der Waals surface area contributed by atoms with Crippen LogP contribution in [0, 0.1) is 17.3 Å². The minimum Gasteiger partial charge on any atom is -0.359 e. The molecule has 0 spiro atoms. The van der Waals surface area contributed by atoms with Gasteiger partial charge in [-0.25, -0.2) is 0 Å². The predicted octanol–water partition coefficient (Wildman–Crippen LogP) is 1.21. The molecule has 1 saturated carbocycles. The van der Waals surface area contributed by atoms with Gasteiger partial charge in [0, 0.05) is 19.6 Å². The molecule has 1 aliphatic carbocycles. The molecular weight excluding hydrogens is 238 g/mol. The smallest absolute Gasteiger partial charge is 0.227 e. The summed E-state index contributed by atoms with van der Waals surface area (Å²) in [5.74, 6) is 1.59. The third-order valence-corrected chi connectivity index (χ3v) is 5.27. The molecule has 1 saturated heterocycles. The molecule has 19 heavy (non-hydrogen) atoms. The van der Waals surface area contributed by atoms with Gasteiger partial charge in [0.25, 0.3) is 0 Å². The van der Waals surface area contributed by atoms with Crippen LogP contribution in [0.5, 0.6) is 0 Å². The zero-order valence-electron chi connectivity index (χ0n) is 12.6. The number of likely N-dealkylation sites (tertiary alicyclic amines) is 1. The van der Waals surface area contributed by atoms with Crippen molar-refractivity contribution in [3.63, 3.8) is 0 Å². The topological polar surface area (TPSA) is 58.4 Å². The molecule has 1 amide bonds. The number of nitrogens with two attached hydrogens (primary N) is 1. The summed E-state index contributed by atoms with van der Waals surface area (Å²) < 4.78 is 0. The van der Waals surface area contributed by atoms with E-state index in [2.05, 4.69) is 24.1 Å². The lowest BCUT2D eigenvalue weighted by atomic mass is 9.78. The van der Waals surface area contributed by atoms with Gasteiger partial charge in [0.05, 0.1) is 5.41 Å². The second-order valence-corrected chi connectivity index (χ2v) is 6.84. The Labute approximate surface area is 117 Å². The van der Waals surface area contributed by atoms with E-state index in [1.807, 2.05) is 0 Å². The summed E-state index contributed by atoms with van der Waals surface area (Å²) in [7, 11) is 1.74. The lowest BCUT2D eigenvalue weighted by molar-refractivity contribution is -0.129. The van der Waals surface area contributed by atoms with E-state index in [1.165, 1.54) is 19.3 Å². The van der Waals surface area contributed by atoms with Crippen molar-refractivity contribution in [2.75, 3.05) is 26.7 Å². The summed E-state index contributed by atoms with van der Waals surface area (Å²) in [5, 5.41) is 2.81. The SMILES string of the molecule is CNC(=O)C1(C)CCN(C2CC(C)CCC2CN)C1. The molecule has 3 N–H and O–H groups in total. The van der Waals surface area contributed by atoms with E-state index >= 15 is 0 Å². The molecule has 2 rings (SSSR count). The molecular formula is C15H29N3O. The predicted molar refractivity (Wildman–Crippen MR) is 77.7 cm³/mol. The molecule has 0 aromatic heterocycles. The Bertz CT molecular complexity index is 333. The third kappa shape index (κ3) is 2.95. The first-order valence-electron chi connectivity index (χ1n) is 7.66. The minimum absolute atomic E-state index is 0.183. The first-order valence-corrected chi connectivity index (χ1v) is 7.66. The number of nitrogens with zero attached hydrogens (tertiary/aromatic N) is 1. The Morgan fingerprint density at radius 1 is 1.47 bits per heavy atom. The zero-order chi connectivity index (χ0) is 14.0. The summed E-state index contributed by atoms with van der Waals surface area (Å²) in [6.07, 6.45) is 4.76. The summed E-state index contributed by atoms with van der Waals surface area (Å²) in [6.45, 7) is 7.15. The van der Waals surface area contributed by atoms with Crippen LogP contribution in [0.3, 0.4) is 0 Å². The van der Waals surface area contributed by atoms with Gasteiger partial charge in [0.15, 0.2) is 0 Å². The van der Waals surface area contributed by atoms with Crippen molar-refractivity contribution in [3.8, 4) is 0 Å². The highest BCUT2D eigenvalue weighted by Gasteiger charge is 2.44. The van der Waals surface area contributed by atoms with Crippen molar-refractivity contribution in [1.82, 2.24) is 10.2 Å². The number of rotatable bonds is 3. The maximum absolute atomic E-state index is 12.0. The van der Waals surface area contributed by atoms with E-state index in [1.54, 1.807) is 7.05 Å². The van der Waals surface area contributed by atoms with Crippen LogP contribution in [-0.4, -0.2) is 43.5 Å². The molecule has 4 unspecified atom stereocenters. The normalized spacial score (nSPS) is 40.3. The van der Waals surface area contributed by atoms with Gasteiger partial charge in [-0.3, -0.25) is 9.69 Å².